The number of benzene rings is 1. The third kappa shape index (κ3) is 4.03. The molecule has 0 saturated carbocycles. The molecule has 4 N–H and O–H groups in total. The molecule has 2 amide bonds. The van der Waals surface area contributed by atoms with Crippen molar-refractivity contribution < 1.29 is 9.59 Å². The number of rotatable bonds is 4. The summed E-state index contributed by atoms with van der Waals surface area (Å²) < 4.78 is 0. The van der Waals surface area contributed by atoms with Crippen molar-refractivity contribution in [2.75, 3.05) is 13.1 Å². The lowest BCUT2D eigenvalue weighted by Gasteiger charge is -2.36. The number of hydrogen-bond donors (Lipinski definition) is 3. The van der Waals surface area contributed by atoms with Gasteiger partial charge in [-0.05, 0) is 18.4 Å². The molecular weight excluding hydrogens is 268 g/mol. The molecular formula is C15H22N4O2. The molecule has 1 atom stereocenters. The number of carbonyl (C=O) groups is 2. The largest absolute Gasteiger partial charge is 0.354 e. The smallest absolute Gasteiger partial charge is 0.255 e. The van der Waals surface area contributed by atoms with Crippen molar-refractivity contribution in [3.05, 3.63) is 35.9 Å². The van der Waals surface area contributed by atoms with E-state index in [1.807, 2.05) is 30.3 Å². The number of nitrogens with two attached hydrogens (primary N) is 1. The van der Waals surface area contributed by atoms with Gasteiger partial charge >= 0.3 is 0 Å². The molecule has 0 aromatic heterocycles. The summed E-state index contributed by atoms with van der Waals surface area (Å²) >= 11 is 0. The highest BCUT2D eigenvalue weighted by atomic mass is 16.2. The molecule has 1 aromatic carbocycles. The number of piperidine rings is 1. The Balaban J connectivity index is 2.06. The Kier molecular flexibility index (Phi) is 5.30. The second kappa shape index (κ2) is 7.19. The summed E-state index contributed by atoms with van der Waals surface area (Å²) in [6.07, 6.45) is 1.67. The summed E-state index contributed by atoms with van der Waals surface area (Å²) in [7, 11) is 0. The Labute approximate surface area is 124 Å². The first-order chi connectivity index (χ1) is 10.1. The van der Waals surface area contributed by atoms with Gasteiger partial charge in [0.05, 0.1) is 0 Å². The fraction of sp³-hybridized carbons (Fsp3) is 0.467. The SMILES string of the molecule is CC(=O)NC1CCN(C(C(=O)NN)c2ccccc2)CC1. The van der Waals surface area contributed by atoms with Crippen LogP contribution in [0.25, 0.3) is 0 Å². The summed E-state index contributed by atoms with van der Waals surface area (Å²) in [5, 5.41) is 2.93. The molecule has 1 unspecified atom stereocenters. The average Bonchev–Trinajstić information content (AvgIpc) is 2.49. The van der Waals surface area contributed by atoms with Gasteiger partial charge in [0.2, 0.25) is 5.91 Å². The minimum atomic E-state index is -0.380. The number of amides is 2. The van der Waals surface area contributed by atoms with Crippen LogP contribution in [-0.2, 0) is 9.59 Å². The predicted octanol–water partition coefficient (Wildman–Crippen LogP) is 0.318. The van der Waals surface area contributed by atoms with Gasteiger partial charge in [-0.15, -0.1) is 0 Å². The summed E-state index contributed by atoms with van der Waals surface area (Å²) in [4.78, 5) is 25.3. The van der Waals surface area contributed by atoms with Crippen LogP contribution in [0.2, 0.25) is 0 Å². The van der Waals surface area contributed by atoms with Crippen LogP contribution in [0.5, 0.6) is 0 Å². The van der Waals surface area contributed by atoms with Crippen molar-refractivity contribution in [3.8, 4) is 0 Å². The van der Waals surface area contributed by atoms with Gasteiger partial charge in [0.15, 0.2) is 0 Å². The lowest BCUT2D eigenvalue weighted by molar-refractivity contribution is -0.128. The number of nitrogens with one attached hydrogen (secondary N) is 2. The zero-order valence-corrected chi connectivity index (χ0v) is 12.2. The van der Waals surface area contributed by atoms with Gasteiger partial charge in [-0.2, -0.15) is 0 Å². The zero-order valence-electron chi connectivity index (χ0n) is 12.2. The molecule has 0 bridgehead atoms. The first-order valence-corrected chi connectivity index (χ1v) is 7.18. The van der Waals surface area contributed by atoms with E-state index in [-0.39, 0.29) is 23.9 Å². The first-order valence-electron chi connectivity index (χ1n) is 7.18. The molecule has 6 nitrogen and oxygen atoms in total. The fourth-order valence-corrected chi connectivity index (χ4v) is 2.83. The number of nitrogens with zero attached hydrogens (tertiary/aromatic N) is 1. The normalized spacial score (nSPS) is 18.0. The molecule has 21 heavy (non-hydrogen) atoms. The summed E-state index contributed by atoms with van der Waals surface area (Å²) in [6, 6.07) is 9.42. The van der Waals surface area contributed by atoms with E-state index in [0.717, 1.165) is 31.5 Å². The third-order valence-electron chi connectivity index (χ3n) is 3.81. The van der Waals surface area contributed by atoms with Crippen LogP contribution in [0.15, 0.2) is 30.3 Å². The quantitative estimate of drug-likeness (QED) is 0.423. The van der Waals surface area contributed by atoms with Crippen LogP contribution in [0.3, 0.4) is 0 Å². The van der Waals surface area contributed by atoms with E-state index in [1.54, 1.807) is 0 Å². The van der Waals surface area contributed by atoms with E-state index >= 15 is 0 Å². The standard InChI is InChI=1S/C15H22N4O2/c1-11(20)17-13-7-9-19(10-8-13)14(15(21)18-16)12-5-3-2-4-6-12/h2-6,13-14H,7-10,16H2,1H3,(H,17,20)(H,18,21). The van der Waals surface area contributed by atoms with Crippen LogP contribution >= 0.6 is 0 Å². The van der Waals surface area contributed by atoms with Gasteiger partial charge in [0, 0.05) is 26.1 Å². The van der Waals surface area contributed by atoms with Crippen LogP contribution in [0.1, 0.15) is 31.4 Å². The Bertz CT molecular complexity index is 484. The summed E-state index contributed by atoms with van der Waals surface area (Å²) in [6.45, 7) is 3.02. The monoisotopic (exact) mass is 290 g/mol. The average molecular weight is 290 g/mol. The van der Waals surface area contributed by atoms with Gasteiger partial charge in [-0.1, -0.05) is 30.3 Å². The van der Waals surface area contributed by atoms with Crippen molar-refractivity contribution in [2.45, 2.75) is 31.8 Å². The summed E-state index contributed by atoms with van der Waals surface area (Å²) in [5.41, 5.74) is 3.18. The minimum absolute atomic E-state index is 0.00670. The van der Waals surface area contributed by atoms with Gasteiger partial charge in [0.1, 0.15) is 6.04 Å². The number of carbonyl (C=O) groups excluding carboxylic acids is 2. The highest BCUT2D eigenvalue weighted by molar-refractivity contribution is 5.82. The predicted molar refractivity (Wildman–Crippen MR) is 79.9 cm³/mol. The molecule has 0 spiro atoms. The molecule has 1 aliphatic rings. The van der Waals surface area contributed by atoms with Crippen molar-refractivity contribution in [2.24, 2.45) is 5.84 Å². The summed E-state index contributed by atoms with van der Waals surface area (Å²) in [5.74, 6) is 5.11. The van der Waals surface area contributed by atoms with Crippen LogP contribution < -0.4 is 16.6 Å². The lowest BCUT2D eigenvalue weighted by Crippen LogP contribution is -2.49. The molecule has 2 rings (SSSR count). The first kappa shape index (κ1) is 15.5. The van der Waals surface area contributed by atoms with Gasteiger partial charge in [0.25, 0.3) is 5.91 Å². The van der Waals surface area contributed by atoms with E-state index in [2.05, 4.69) is 15.6 Å². The topological polar surface area (TPSA) is 87.5 Å². The number of hydrazine groups is 1. The van der Waals surface area contributed by atoms with E-state index in [4.69, 9.17) is 5.84 Å². The van der Waals surface area contributed by atoms with Gasteiger partial charge < -0.3 is 5.32 Å². The molecule has 1 saturated heterocycles. The van der Waals surface area contributed by atoms with Crippen LogP contribution in [0.4, 0.5) is 0 Å². The van der Waals surface area contributed by atoms with Gasteiger partial charge in [-0.25, -0.2) is 5.84 Å². The number of hydrogen-bond acceptors (Lipinski definition) is 4. The van der Waals surface area contributed by atoms with E-state index in [1.165, 1.54) is 6.92 Å². The van der Waals surface area contributed by atoms with Crippen LogP contribution in [0, 0.1) is 0 Å². The lowest BCUT2D eigenvalue weighted by atomic mass is 9.98. The molecule has 1 heterocycles. The van der Waals surface area contributed by atoms with Crippen molar-refractivity contribution in [1.82, 2.24) is 15.6 Å². The van der Waals surface area contributed by atoms with Gasteiger partial charge in [-0.3, -0.25) is 19.9 Å². The second-order valence-corrected chi connectivity index (χ2v) is 5.33. The molecule has 0 aliphatic carbocycles. The highest BCUT2D eigenvalue weighted by Crippen LogP contribution is 2.24. The van der Waals surface area contributed by atoms with Crippen LogP contribution in [-0.4, -0.2) is 35.8 Å². The Morgan fingerprint density at radius 3 is 2.38 bits per heavy atom. The van der Waals surface area contributed by atoms with E-state index in [0.29, 0.717) is 0 Å². The molecule has 0 radical (unpaired) electrons. The van der Waals surface area contributed by atoms with Crippen molar-refractivity contribution in [1.29, 1.82) is 0 Å². The Hall–Kier alpha value is -1.92. The third-order valence-corrected chi connectivity index (χ3v) is 3.81. The Morgan fingerprint density at radius 1 is 1.24 bits per heavy atom. The fourth-order valence-electron chi connectivity index (χ4n) is 2.83. The molecule has 1 aromatic rings. The second-order valence-electron chi connectivity index (χ2n) is 5.33. The molecule has 6 heteroatoms. The van der Waals surface area contributed by atoms with E-state index in [9.17, 15) is 9.59 Å². The zero-order chi connectivity index (χ0) is 15.2. The minimum Gasteiger partial charge on any atom is -0.354 e. The maximum absolute atomic E-state index is 12.1. The molecule has 1 aliphatic heterocycles. The highest BCUT2D eigenvalue weighted by Gasteiger charge is 2.30. The maximum atomic E-state index is 12.1. The molecule has 1 fully saturated rings. The molecule has 114 valence electrons. The van der Waals surface area contributed by atoms with Crippen molar-refractivity contribution >= 4 is 11.8 Å². The number of likely N-dealkylation sites (tertiary alicyclic amines) is 1. The van der Waals surface area contributed by atoms with Crippen molar-refractivity contribution in [3.63, 3.8) is 0 Å². The maximum Gasteiger partial charge on any atom is 0.255 e. The van der Waals surface area contributed by atoms with E-state index < -0.39 is 0 Å². The Morgan fingerprint density at radius 2 is 1.86 bits per heavy atom.